The third-order valence-corrected chi connectivity index (χ3v) is 3.00. The smallest absolute Gasteiger partial charge is 0.127 e. The number of hydrogen-bond donors (Lipinski definition) is 2. The van der Waals surface area contributed by atoms with Crippen molar-refractivity contribution in [1.82, 2.24) is 0 Å². The molecule has 0 aliphatic heterocycles. The van der Waals surface area contributed by atoms with Crippen molar-refractivity contribution in [2.75, 3.05) is 0 Å². The zero-order valence-electron chi connectivity index (χ0n) is 10.3. The molecule has 2 nitrogen and oxygen atoms in total. The van der Waals surface area contributed by atoms with Gasteiger partial charge in [-0.05, 0) is 43.5 Å². The Balaban J connectivity index is 2.68. The summed E-state index contributed by atoms with van der Waals surface area (Å²) < 4.78 is 0. The highest BCUT2D eigenvalue weighted by molar-refractivity contribution is 5.75. The van der Waals surface area contributed by atoms with Gasteiger partial charge in [-0.15, -0.1) is 0 Å². The lowest BCUT2D eigenvalue weighted by Crippen LogP contribution is -1.87. The van der Waals surface area contributed by atoms with E-state index >= 15 is 0 Å². The first-order valence-corrected chi connectivity index (χ1v) is 5.59. The van der Waals surface area contributed by atoms with Gasteiger partial charge in [0.1, 0.15) is 11.5 Å². The molecule has 0 spiro atoms. The molecular weight excluding hydrogens is 212 g/mol. The molecule has 0 fully saturated rings. The molecule has 0 bridgehead atoms. The van der Waals surface area contributed by atoms with Gasteiger partial charge in [-0.3, -0.25) is 0 Å². The SMILES string of the molecule is Cc1ccc(C)c(-c2cc(C)c(O)cc2O)c1. The molecule has 0 radical (unpaired) electrons. The van der Waals surface area contributed by atoms with Gasteiger partial charge in [0.05, 0.1) is 0 Å². The Morgan fingerprint density at radius 2 is 1.41 bits per heavy atom. The maximum absolute atomic E-state index is 9.92. The van der Waals surface area contributed by atoms with Crippen LogP contribution in [0.2, 0.25) is 0 Å². The van der Waals surface area contributed by atoms with E-state index in [9.17, 15) is 10.2 Å². The lowest BCUT2D eigenvalue weighted by atomic mass is 9.96. The van der Waals surface area contributed by atoms with Crippen LogP contribution in [0.4, 0.5) is 0 Å². The van der Waals surface area contributed by atoms with Crippen molar-refractivity contribution < 1.29 is 10.2 Å². The molecule has 17 heavy (non-hydrogen) atoms. The van der Waals surface area contributed by atoms with E-state index in [0.29, 0.717) is 0 Å². The average molecular weight is 228 g/mol. The van der Waals surface area contributed by atoms with Crippen LogP contribution in [0.15, 0.2) is 30.3 Å². The normalized spacial score (nSPS) is 10.5. The zero-order chi connectivity index (χ0) is 12.6. The lowest BCUT2D eigenvalue weighted by Gasteiger charge is -2.11. The van der Waals surface area contributed by atoms with Crippen LogP contribution in [0.5, 0.6) is 11.5 Å². The molecule has 0 heterocycles. The van der Waals surface area contributed by atoms with E-state index in [1.54, 1.807) is 0 Å². The quantitative estimate of drug-likeness (QED) is 0.781. The van der Waals surface area contributed by atoms with Crippen molar-refractivity contribution in [1.29, 1.82) is 0 Å². The summed E-state index contributed by atoms with van der Waals surface area (Å²) >= 11 is 0. The second kappa shape index (κ2) is 4.13. The summed E-state index contributed by atoms with van der Waals surface area (Å²) in [7, 11) is 0. The number of hydrogen-bond acceptors (Lipinski definition) is 2. The molecule has 0 amide bonds. The van der Waals surface area contributed by atoms with E-state index in [-0.39, 0.29) is 11.5 Å². The number of aryl methyl sites for hydroxylation is 3. The molecule has 2 N–H and O–H groups in total. The zero-order valence-corrected chi connectivity index (χ0v) is 10.3. The van der Waals surface area contributed by atoms with Gasteiger partial charge in [0, 0.05) is 11.6 Å². The minimum Gasteiger partial charge on any atom is -0.508 e. The minimum atomic E-state index is 0.113. The van der Waals surface area contributed by atoms with E-state index < -0.39 is 0 Å². The molecule has 0 aromatic heterocycles. The van der Waals surface area contributed by atoms with Gasteiger partial charge in [0.25, 0.3) is 0 Å². The Bertz CT molecular complexity index is 571. The van der Waals surface area contributed by atoms with Crippen LogP contribution in [0.25, 0.3) is 11.1 Å². The molecule has 2 heteroatoms. The van der Waals surface area contributed by atoms with Crippen LogP contribution < -0.4 is 0 Å². The maximum atomic E-state index is 9.92. The van der Waals surface area contributed by atoms with Crippen molar-refractivity contribution in [3.63, 3.8) is 0 Å². The van der Waals surface area contributed by atoms with E-state index in [1.165, 1.54) is 6.07 Å². The molecule has 0 aliphatic carbocycles. The molecule has 0 saturated carbocycles. The van der Waals surface area contributed by atoms with Crippen molar-refractivity contribution in [3.05, 3.63) is 47.0 Å². The third-order valence-electron chi connectivity index (χ3n) is 3.00. The summed E-state index contributed by atoms with van der Waals surface area (Å²) in [5, 5.41) is 19.5. The first-order valence-electron chi connectivity index (χ1n) is 5.59. The predicted octanol–water partition coefficient (Wildman–Crippen LogP) is 3.69. The number of phenolic OH excluding ortho intramolecular Hbond substituents is 2. The highest BCUT2D eigenvalue weighted by Crippen LogP contribution is 2.36. The fourth-order valence-electron chi connectivity index (χ4n) is 1.93. The van der Waals surface area contributed by atoms with Crippen molar-refractivity contribution in [3.8, 4) is 22.6 Å². The summed E-state index contributed by atoms with van der Waals surface area (Å²) in [5.74, 6) is 0.235. The Morgan fingerprint density at radius 1 is 0.706 bits per heavy atom. The van der Waals surface area contributed by atoms with E-state index in [0.717, 1.165) is 27.8 Å². The number of aromatic hydroxyl groups is 2. The molecule has 0 atom stereocenters. The Hall–Kier alpha value is -1.96. The van der Waals surface area contributed by atoms with Gasteiger partial charge < -0.3 is 10.2 Å². The molecular formula is C15H16O2. The first-order chi connectivity index (χ1) is 7.99. The van der Waals surface area contributed by atoms with E-state index in [2.05, 4.69) is 0 Å². The van der Waals surface area contributed by atoms with Crippen LogP contribution >= 0.6 is 0 Å². The molecule has 0 aliphatic rings. The second-order valence-electron chi connectivity index (χ2n) is 4.47. The first kappa shape index (κ1) is 11.5. The minimum absolute atomic E-state index is 0.113. The predicted molar refractivity (Wildman–Crippen MR) is 69.4 cm³/mol. The fourth-order valence-corrected chi connectivity index (χ4v) is 1.93. The van der Waals surface area contributed by atoms with Gasteiger partial charge in [-0.25, -0.2) is 0 Å². The molecule has 2 aromatic carbocycles. The number of benzene rings is 2. The maximum Gasteiger partial charge on any atom is 0.127 e. The Morgan fingerprint density at radius 3 is 2.12 bits per heavy atom. The van der Waals surface area contributed by atoms with Crippen LogP contribution in [-0.4, -0.2) is 10.2 Å². The highest BCUT2D eigenvalue weighted by atomic mass is 16.3. The summed E-state index contributed by atoms with van der Waals surface area (Å²) in [4.78, 5) is 0. The fraction of sp³-hybridized carbons (Fsp3) is 0.200. The molecule has 0 unspecified atom stereocenters. The molecule has 2 aromatic rings. The number of rotatable bonds is 1. The van der Waals surface area contributed by atoms with Crippen LogP contribution in [-0.2, 0) is 0 Å². The van der Waals surface area contributed by atoms with Crippen molar-refractivity contribution in [2.45, 2.75) is 20.8 Å². The van der Waals surface area contributed by atoms with E-state index in [4.69, 9.17) is 0 Å². The summed E-state index contributed by atoms with van der Waals surface area (Å²) in [6.45, 7) is 5.85. The van der Waals surface area contributed by atoms with Gasteiger partial charge in [-0.1, -0.05) is 23.8 Å². The van der Waals surface area contributed by atoms with Crippen molar-refractivity contribution >= 4 is 0 Å². The molecule has 2 rings (SSSR count). The topological polar surface area (TPSA) is 40.5 Å². The summed E-state index contributed by atoms with van der Waals surface area (Å²) in [6, 6.07) is 9.33. The monoisotopic (exact) mass is 228 g/mol. The van der Waals surface area contributed by atoms with Crippen molar-refractivity contribution in [2.24, 2.45) is 0 Å². The van der Waals surface area contributed by atoms with Gasteiger partial charge in [0.15, 0.2) is 0 Å². The summed E-state index contributed by atoms with van der Waals surface area (Å²) in [6.07, 6.45) is 0. The van der Waals surface area contributed by atoms with Gasteiger partial charge >= 0.3 is 0 Å². The van der Waals surface area contributed by atoms with E-state index in [1.807, 2.05) is 45.0 Å². The highest BCUT2D eigenvalue weighted by Gasteiger charge is 2.10. The molecule has 0 saturated heterocycles. The molecule has 88 valence electrons. The van der Waals surface area contributed by atoms with Gasteiger partial charge in [-0.2, -0.15) is 0 Å². The second-order valence-corrected chi connectivity index (χ2v) is 4.47. The van der Waals surface area contributed by atoms with Crippen LogP contribution in [0.3, 0.4) is 0 Å². The van der Waals surface area contributed by atoms with Gasteiger partial charge in [0.2, 0.25) is 0 Å². The van der Waals surface area contributed by atoms with Crippen LogP contribution in [0.1, 0.15) is 16.7 Å². The summed E-state index contributed by atoms with van der Waals surface area (Å²) in [5.41, 5.74) is 4.79. The Labute approximate surface area is 101 Å². The third kappa shape index (κ3) is 2.11. The Kier molecular flexibility index (Phi) is 2.80. The number of phenols is 2. The standard InChI is InChI=1S/C15H16O2/c1-9-4-5-10(2)12(6-9)13-7-11(3)14(16)8-15(13)17/h4-8,16-17H,1-3H3. The lowest BCUT2D eigenvalue weighted by molar-refractivity contribution is 0.449. The largest absolute Gasteiger partial charge is 0.508 e. The average Bonchev–Trinajstić information content (AvgIpc) is 2.27. The van der Waals surface area contributed by atoms with Crippen LogP contribution in [0, 0.1) is 20.8 Å².